The molecule has 1 aromatic carbocycles. The molecule has 0 radical (unpaired) electrons. The Morgan fingerprint density at radius 2 is 1.67 bits per heavy atom. The molecule has 0 aromatic heterocycles. The molecule has 0 unspecified atom stereocenters. The van der Waals surface area contributed by atoms with Crippen molar-refractivity contribution < 1.29 is 14.2 Å². The maximum atomic E-state index is 5.85. The van der Waals surface area contributed by atoms with E-state index in [-0.39, 0.29) is 0 Å². The third kappa shape index (κ3) is 7.43. The van der Waals surface area contributed by atoms with E-state index < -0.39 is 0 Å². The lowest BCUT2D eigenvalue weighted by molar-refractivity contribution is 0.121. The highest BCUT2D eigenvalue weighted by Gasteiger charge is 2.06. The first kappa shape index (κ1) is 17.9. The minimum Gasteiger partial charge on any atom is -0.492 e. The summed E-state index contributed by atoms with van der Waals surface area (Å²) in [7, 11) is 3.45. The van der Waals surface area contributed by atoms with Crippen molar-refractivity contribution in [3.63, 3.8) is 0 Å². The standard InChI is InChI=1S/C16H28N2O3/c1-19-11-5-8-18(9-12-20-2)10-13-21-16-7-4-3-6-15(16)14-17/h3-4,6-7H,5,8-14,17H2,1-2H3. The first-order valence-corrected chi connectivity index (χ1v) is 7.42. The van der Waals surface area contributed by atoms with Crippen molar-refractivity contribution in [1.82, 2.24) is 4.90 Å². The fourth-order valence-electron chi connectivity index (χ4n) is 2.09. The molecular weight excluding hydrogens is 268 g/mol. The summed E-state index contributed by atoms with van der Waals surface area (Å²) in [4.78, 5) is 2.33. The van der Waals surface area contributed by atoms with Gasteiger partial charge in [0, 0.05) is 52.6 Å². The molecular formula is C16H28N2O3. The Balaban J connectivity index is 2.37. The minimum absolute atomic E-state index is 0.497. The van der Waals surface area contributed by atoms with Gasteiger partial charge in [-0.15, -0.1) is 0 Å². The Labute approximate surface area is 128 Å². The quantitative estimate of drug-likeness (QED) is 0.593. The average Bonchev–Trinajstić information content (AvgIpc) is 2.52. The van der Waals surface area contributed by atoms with E-state index in [2.05, 4.69) is 4.90 Å². The van der Waals surface area contributed by atoms with Gasteiger partial charge in [0.25, 0.3) is 0 Å². The molecule has 0 spiro atoms. The predicted molar refractivity (Wildman–Crippen MR) is 84.6 cm³/mol. The van der Waals surface area contributed by atoms with Crippen LogP contribution in [0.5, 0.6) is 5.75 Å². The molecule has 0 heterocycles. The van der Waals surface area contributed by atoms with Crippen LogP contribution in [0, 0.1) is 0 Å². The molecule has 21 heavy (non-hydrogen) atoms. The third-order valence-corrected chi connectivity index (χ3v) is 3.29. The first-order chi connectivity index (χ1) is 10.3. The third-order valence-electron chi connectivity index (χ3n) is 3.29. The number of methoxy groups -OCH3 is 2. The van der Waals surface area contributed by atoms with E-state index in [1.165, 1.54) is 0 Å². The average molecular weight is 296 g/mol. The van der Waals surface area contributed by atoms with Crippen LogP contribution in [0.25, 0.3) is 0 Å². The molecule has 5 heteroatoms. The maximum Gasteiger partial charge on any atom is 0.123 e. The lowest BCUT2D eigenvalue weighted by Gasteiger charge is -2.22. The van der Waals surface area contributed by atoms with Crippen molar-refractivity contribution in [2.45, 2.75) is 13.0 Å². The largest absolute Gasteiger partial charge is 0.492 e. The monoisotopic (exact) mass is 296 g/mol. The molecule has 0 fully saturated rings. The van der Waals surface area contributed by atoms with Gasteiger partial charge in [-0.2, -0.15) is 0 Å². The summed E-state index contributed by atoms with van der Waals surface area (Å²) in [5.74, 6) is 0.878. The summed E-state index contributed by atoms with van der Waals surface area (Å²) in [6.45, 7) is 5.41. The summed E-state index contributed by atoms with van der Waals surface area (Å²) in [6.07, 6.45) is 1.01. The number of benzene rings is 1. The lowest BCUT2D eigenvalue weighted by atomic mass is 10.2. The summed E-state index contributed by atoms with van der Waals surface area (Å²) in [5, 5.41) is 0. The zero-order valence-corrected chi connectivity index (χ0v) is 13.2. The number of ether oxygens (including phenoxy) is 3. The normalized spacial score (nSPS) is 11.0. The second-order valence-corrected chi connectivity index (χ2v) is 4.84. The van der Waals surface area contributed by atoms with Gasteiger partial charge >= 0.3 is 0 Å². The van der Waals surface area contributed by atoms with Gasteiger partial charge in [0.1, 0.15) is 12.4 Å². The van der Waals surface area contributed by atoms with E-state index in [1.807, 2.05) is 24.3 Å². The van der Waals surface area contributed by atoms with Gasteiger partial charge in [-0.1, -0.05) is 18.2 Å². The van der Waals surface area contributed by atoms with Crippen molar-refractivity contribution in [3.8, 4) is 5.75 Å². The highest BCUT2D eigenvalue weighted by atomic mass is 16.5. The second kappa shape index (κ2) is 11.5. The van der Waals surface area contributed by atoms with Crippen LogP contribution >= 0.6 is 0 Å². The molecule has 0 aliphatic carbocycles. The number of hydrogen-bond acceptors (Lipinski definition) is 5. The zero-order chi connectivity index (χ0) is 15.3. The van der Waals surface area contributed by atoms with E-state index in [0.29, 0.717) is 13.2 Å². The van der Waals surface area contributed by atoms with Crippen LogP contribution in [-0.2, 0) is 16.0 Å². The van der Waals surface area contributed by atoms with Crippen LogP contribution in [0.3, 0.4) is 0 Å². The Morgan fingerprint density at radius 3 is 2.38 bits per heavy atom. The Kier molecular flexibility index (Phi) is 9.82. The molecule has 120 valence electrons. The Bertz CT molecular complexity index is 374. The molecule has 0 aliphatic heterocycles. The van der Waals surface area contributed by atoms with Crippen LogP contribution in [0.1, 0.15) is 12.0 Å². The molecule has 2 N–H and O–H groups in total. The highest BCUT2D eigenvalue weighted by Crippen LogP contribution is 2.16. The number of para-hydroxylation sites is 1. The van der Waals surface area contributed by atoms with Crippen LogP contribution < -0.4 is 10.5 Å². The maximum absolute atomic E-state index is 5.85. The smallest absolute Gasteiger partial charge is 0.123 e. The molecule has 5 nitrogen and oxygen atoms in total. The van der Waals surface area contributed by atoms with E-state index in [4.69, 9.17) is 19.9 Å². The van der Waals surface area contributed by atoms with Gasteiger partial charge in [0.2, 0.25) is 0 Å². The van der Waals surface area contributed by atoms with Gasteiger partial charge in [0.05, 0.1) is 6.61 Å². The fraction of sp³-hybridized carbons (Fsp3) is 0.625. The lowest BCUT2D eigenvalue weighted by Crippen LogP contribution is -2.33. The molecule has 0 bridgehead atoms. The SMILES string of the molecule is COCCCN(CCOC)CCOc1ccccc1CN. The number of hydrogen-bond donors (Lipinski definition) is 1. The molecule has 0 atom stereocenters. The van der Waals surface area contributed by atoms with Crippen molar-refractivity contribution in [3.05, 3.63) is 29.8 Å². The molecule has 0 amide bonds. The van der Waals surface area contributed by atoms with Gasteiger partial charge in [-0.05, 0) is 12.5 Å². The van der Waals surface area contributed by atoms with Crippen molar-refractivity contribution in [2.75, 3.05) is 53.7 Å². The second-order valence-electron chi connectivity index (χ2n) is 4.84. The molecule has 0 saturated carbocycles. The molecule has 1 aromatic rings. The van der Waals surface area contributed by atoms with Crippen LogP contribution in [0.4, 0.5) is 0 Å². The van der Waals surface area contributed by atoms with Gasteiger partial charge in [-0.3, -0.25) is 4.90 Å². The van der Waals surface area contributed by atoms with E-state index in [0.717, 1.165) is 50.6 Å². The number of nitrogens with zero attached hydrogens (tertiary/aromatic N) is 1. The first-order valence-electron chi connectivity index (χ1n) is 7.42. The Morgan fingerprint density at radius 1 is 0.952 bits per heavy atom. The van der Waals surface area contributed by atoms with E-state index in [9.17, 15) is 0 Å². The fourth-order valence-corrected chi connectivity index (χ4v) is 2.09. The van der Waals surface area contributed by atoms with Crippen molar-refractivity contribution in [2.24, 2.45) is 5.73 Å². The molecule has 0 aliphatic rings. The minimum atomic E-state index is 0.497. The number of rotatable bonds is 12. The van der Waals surface area contributed by atoms with Gasteiger partial charge in [0.15, 0.2) is 0 Å². The van der Waals surface area contributed by atoms with Crippen LogP contribution in [0.15, 0.2) is 24.3 Å². The number of nitrogens with two attached hydrogens (primary N) is 1. The zero-order valence-electron chi connectivity index (χ0n) is 13.2. The van der Waals surface area contributed by atoms with Crippen molar-refractivity contribution >= 4 is 0 Å². The molecule has 1 rings (SSSR count). The summed E-state index contributed by atoms with van der Waals surface area (Å²) in [5.41, 5.74) is 6.75. The highest BCUT2D eigenvalue weighted by molar-refractivity contribution is 5.32. The topological polar surface area (TPSA) is 57.0 Å². The van der Waals surface area contributed by atoms with Crippen LogP contribution in [-0.4, -0.2) is 58.6 Å². The van der Waals surface area contributed by atoms with Gasteiger partial charge in [-0.25, -0.2) is 0 Å². The Hall–Kier alpha value is -1.14. The van der Waals surface area contributed by atoms with E-state index in [1.54, 1.807) is 14.2 Å². The van der Waals surface area contributed by atoms with Crippen molar-refractivity contribution in [1.29, 1.82) is 0 Å². The van der Waals surface area contributed by atoms with E-state index >= 15 is 0 Å². The van der Waals surface area contributed by atoms with Crippen LogP contribution in [0.2, 0.25) is 0 Å². The van der Waals surface area contributed by atoms with Gasteiger partial charge < -0.3 is 19.9 Å². The predicted octanol–water partition coefficient (Wildman–Crippen LogP) is 1.51. The summed E-state index contributed by atoms with van der Waals surface area (Å²) >= 11 is 0. The summed E-state index contributed by atoms with van der Waals surface area (Å²) < 4.78 is 16.1. The summed E-state index contributed by atoms with van der Waals surface area (Å²) in [6, 6.07) is 7.91. The molecule has 0 saturated heterocycles.